The Morgan fingerprint density at radius 2 is 1.90 bits per heavy atom. The van der Waals surface area contributed by atoms with Gasteiger partial charge in [0, 0.05) is 17.3 Å². The van der Waals surface area contributed by atoms with Crippen LogP contribution in [-0.2, 0) is 0 Å². The molecular weight excluding hydrogens is 402 g/mol. The normalized spacial score (nSPS) is 11.9. The summed E-state index contributed by atoms with van der Waals surface area (Å²) in [5.41, 5.74) is 15.4. The molecule has 4 aromatic rings. The largest absolute Gasteiger partial charge is 0.382 e. The van der Waals surface area contributed by atoms with Gasteiger partial charge in [-0.05, 0) is 13.8 Å². The molecule has 0 unspecified atom stereocenters. The van der Waals surface area contributed by atoms with Crippen LogP contribution < -0.4 is 16.8 Å². The standard InChI is InChI=1S/C20H18ClN9/c1-10(25-18-13(8-22)17(23)27-20(24)28-18)14-9-30-19(15(21)11(2)29-30)26-16(14)12-6-4-3-5-7-12/h3-7,9-10H,1-2H3,(H5,23,24,25,27,28)/t10-/m0/s1. The molecule has 4 rings (SSSR count). The molecule has 0 saturated carbocycles. The Hall–Kier alpha value is -3.90. The van der Waals surface area contributed by atoms with Gasteiger partial charge < -0.3 is 16.8 Å². The average molecular weight is 420 g/mol. The molecular formula is C20H18ClN9. The molecule has 0 saturated heterocycles. The molecule has 9 nitrogen and oxygen atoms in total. The molecule has 5 N–H and O–H groups in total. The number of nitrogens with two attached hydrogens (primary N) is 2. The maximum Gasteiger partial charge on any atom is 0.224 e. The van der Waals surface area contributed by atoms with Crippen LogP contribution in [0.1, 0.15) is 29.8 Å². The second kappa shape index (κ2) is 7.50. The molecule has 1 aromatic carbocycles. The number of benzene rings is 1. The summed E-state index contributed by atoms with van der Waals surface area (Å²) in [6, 6.07) is 11.4. The summed E-state index contributed by atoms with van der Waals surface area (Å²) in [4.78, 5) is 12.8. The van der Waals surface area contributed by atoms with Gasteiger partial charge in [0.1, 0.15) is 22.5 Å². The number of rotatable bonds is 4. The molecule has 0 aliphatic rings. The number of hydrogen-bond acceptors (Lipinski definition) is 8. The number of anilines is 3. The number of nitrogens with zero attached hydrogens (tertiary/aromatic N) is 6. The maximum absolute atomic E-state index is 9.45. The van der Waals surface area contributed by atoms with Crippen molar-refractivity contribution in [1.82, 2.24) is 24.6 Å². The third-order valence-electron chi connectivity index (χ3n) is 4.67. The molecule has 0 radical (unpaired) electrons. The predicted molar refractivity (Wildman–Crippen MR) is 116 cm³/mol. The van der Waals surface area contributed by atoms with Crippen LogP contribution in [0.2, 0.25) is 5.02 Å². The highest BCUT2D eigenvalue weighted by Crippen LogP contribution is 2.32. The lowest BCUT2D eigenvalue weighted by atomic mass is 10.0. The van der Waals surface area contributed by atoms with E-state index in [2.05, 4.69) is 20.4 Å². The van der Waals surface area contributed by atoms with Gasteiger partial charge in [0.05, 0.1) is 17.4 Å². The van der Waals surface area contributed by atoms with Crippen molar-refractivity contribution in [3.63, 3.8) is 0 Å². The Morgan fingerprint density at radius 3 is 2.60 bits per heavy atom. The van der Waals surface area contributed by atoms with Crippen molar-refractivity contribution in [2.75, 3.05) is 16.8 Å². The van der Waals surface area contributed by atoms with Gasteiger partial charge in [-0.15, -0.1) is 0 Å². The molecule has 0 bridgehead atoms. The molecule has 0 aliphatic heterocycles. The number of nitriles is 1. The van der Waals surface area contributed by atoms with E-state index in [9.17, 15) is 5.26 Å². The van der Waals surface area contributed by atoms with Crippen LogP contribution in [0, 0.1) is 18.3 Å². The van der Waals surface area contributed by atoms with Crippen LogP contribution in [0.15, 0.2) is 36.5 Å². The van der Waals surface area contributed by atoms with Gasteiger partial charge in [-0.25, -0.2) is 9.50 Å². The molecule has 30 heavy (non-hydrogen) atoms. The Labute approximate surface area is 177 Å². The summed E-state index contributed by atoms with van der Waals surface area (Å²) in [6.45, 7) is 3.75. The first-order chi connectivity index (χ1) is 14.4. The van der Waals surface area contributed by atoms with Crippen molar-refractivity contribution < 1.29 is 0 Å². The molecule has 0 fully saturated rings. The minimum absolute atomic E-state index is 0.0195. The van der Waals surface area contributed by atoms with Crippen molar-refractivity contribution >= 4 is 34.8 Å². The smallest absolute Gasteiger partial charge is 0.224 e. The Morgan fingerprint density at radius 1 is 1.17 bits per heavy atom. The minimum Gasteiger partial charge on any atom is -0.382 e. The number of nitrogens with one attached hydrogen (secondary N) is 1. The number of hydrogen-bond donors (Lipinski definition) is 3. The molecule has 0 amide bonds. The SMILES string of the molecule is Cc1nn2cc([C@H](C)Nc3nc(N)nc(N)c3C#N)c(-c3ccccc3)nc2c1Cl. The zero-order valence-corrected chi connectivity index (χ0v) is 17.0. The highest BCUT2D eigenvalue weighted by atomic mass is 35.5. The quantitative estimate of drug-likeness (QED) is 0.456. The first-order valence-corrected chi connectivity index (χ1v) is 9.47. The van der Waals surface area contributed by atoms with Crippen LogP contribution in [0.4, 0.5) is 17.6 Å². The first kappa shape index (κ1) is 19.4. The molecule has 10 heteroatoms. The van der Waals surface area contributed by atoms with E-state index in [1.165, 1.54) is 0 Å². The van der Waals surface area contributed by atoms with Crippen LogP contribution in [0.25, 0.3) is 16.9 Å². The third-order valence-corrected chi connectivity index (χ3v) is 5.12. The third kappa shape index (κ3) is 3.33. The highest BCUT2D eigenvalue weighted by Gasteiger charge is 2.21. The van der Waals surface area contributed by atoms with Crippen LogP contribution in [0.3, 0.4) is 0 Å². The second-order valence-electron chi connectivity index (χ2n) is 6.75. The number of aromatic nitrogens is 5. The van der Waals surface area contributed by atoms with Crippen molar-refractivity contribution in [2.45, 2.75) is 19.9 Å². The predicted octanol–water partition coefficient (Wildman–Crippen LogP) is 3.36. The molecule has 1 atom stereocenters. The fourth-order valence-electron chi connectivity index (χ4n) is 3.21. The van der Waals surface area contributed by atoms with Crippen LogP contribution in [0.5, 0.6) is 0 Å². The minimum atomic E-state index is -0.318. The monoisotopic (exact) mass is 419 g/mol. The van der Waals surface area contributed by atoms with E-state index in [1.807, 2.05) is 56.4 Å². The van der Waals surface area contributed by atoms with E-state index in [-0.39, 0.29) is 29.2 Å². The molecule has 0 spiro atoms. The van der Waals surface area contributed by atoms with Crippen molar-refractivity contribution in [1.29, 1.82) is 5.26 Å². The van der Waals surface area contributed by atoms with Crippen molar-refractivity contribution in [3.8, 4) is 17.3 Å². The van der Waals surface area contributed by atoms with Crippen LogP contribution >= 0.6 is 11.6 Å². The van der Waals surface area contributed by atoms with Crippen LogP contribution in [-0.4, -0.2) is 24.6 Å². The van der Waals surface area contributed by atoms with Crippen molar-refractivity contribution in [3.05, 3.63) is 58.4 Å². The van der Waals surface area contributed by atoms with Gasteiger partial charge >= 0.3 is 0 Å². The average Bonchev–Trinajstić information content (AvgIpc) is 3.00. The molecule has 150 valence electrons. The van der Waals surface area contributed by atoms with Gasteiger partial charge in [-0.3, -0.25) is 0 Å². The summed E-state index contributed by atoms with van der Waals surface area (Å²) < 4.78 is 1.64. The summed E-state index contributed by atoms with van der Waals surface area (Å²) in [6.07, 6.45) is 1.86. The van der Waals surface area contributed by atoms with E-state index in [1.54, 1.807) is 4.52 Å². The lowest BCUT2D eigenvalue weighted by molar-refractivity contribution is 0.826. The number of nitrogen functional groups attached to an aromatic ring is 2. The fourth-order valence-corrected chi connectivity index (χ4v) is 3.37. The Balaban J connectivity index is 1.87. The van der Waals surface area contributed by atoms with E-state index in [0.29, 0.717) is 16.4 Å². The first-order valence-electron chi connectivity index (χ1n) is 9.09. The number of halogens is 1. The van der Waals surface area contributed by atoms with E-state index in [0.717, 1.165) is 16.8 Å². The van der Waals surface area contributed by atoms with E-state index >= 15 is 0 Å². The molecule has 3 aromatic heterocycles. The highest BCUT2D eigenvalue weighted by molar-refractivity contribution is 6.34. The molecule has 0 aliphatic carbocycles. The number of aryl methyl sites for hydroxylation is 1. The summed E-state index contributed by atoms with van der Waals surface area (Å²) in [7, 11) is 0. The lowest BCUT2D eigenvalue weighted by Gasteiger charge is -2.19. The summed E-state index contributed by atoms with van der Waals surface area (Å²) >= 11 is 6.39. The van der Waals surface area contributed by atoms with Gasteiger partial charge in [-0.1, -0.05) is 41.9 Å². The second-order valence-corrected chi connectivity index (χ2v) is 7.12. The maximum atomic E-state index is 9.45. The number of fused-ring (bicyclic) bond motifs is 1. The van der Waals surface area contributed by atoms with E-state index in [4.69, 9.17) is 28.1 Å². The zero-order chi connectivity index (χ0) is 21.4. The molecule has 3 heterocycles. The van der Waals surface area contributed by atoms with Crippen molar-refractivity contribution in [2.24, 2.45) is 0 Å². The topological polar surface area (TPSA) is 144 Å². The fraction of sp³-hybridized carbons (Fsp3) is 0.150. The summed E-state index contributed by atoms with van der Waals surface area (Å²) in [5, 5.41) is 17.6. The van der Waals surface area contributed by atoms with Gasteiger partial charge in [0.25, 0.3) is 0 Å². The van der Waals surface area contributed by atoms with Gasteiger partial charge in [0.2, 0.25) is 5.95 Å². The Bertz CT molecular complexity index is 1290. The summed E-state index contributed by atoms with van der Waals surface area (Å²) in [5.74, 6) is 0.252. The van der Waals surface area contributed by atoms with E-state index < -0.39 is 0 Å². The van der Waals surface area contributed by atoms with Gasteiger partial charge in [-0.2, -0.15) is 20.3 Å². The Kier molecular flexibility index (Phi) is 4.85. The van der Waals surface area contributed by atoms with Gasteiger partial charge in [0.15, 0.2) is 11.5 Å². The zero-order valence-electron chi connectivity index (χ0n) is 16.3. The lowest BCUT2D eigenvalue weighted by Crippen LogP contribution is -2.15.